The molecule has 2 aromatic rings. The van der Waals surface area contributed by atoms with Gasteiger partial charge in [0.2, 0.25) is 10.0 Å². The van der Waals surface area contributed by atoms with Crippen LogP contribution in [0.2, 0.25) is 0 Å². The molecule has 0 aromatic heterocycles. The molecule has 1 aliphatic heterocycles. The zero-order valence-electron chi connectivity index (χ0n) is 15.6. The molecule has 1 aliphatic rings. The molecule has 27 heavy (non-hydrogen) atoms. The van der Waals surface area contributed by atoms with Crippen molar-refractivity contribution in [3.8, 4) is 11.5 Å². The average molecular weight is 391 g/mol. The van der Waals surface area contributed by atoms with Crippen molar-refractivity contribution in [3.63, 3.8) is 0 Å². The van der Waals surface area contributed by atoms with Gasteiger partial charge in [0.25, 0.3) is 0 Å². The SMILES string of the molecule is CCC(CNS(=O)(=O)c1ccc2c(c1)OCCCO2)(OC)c1ccccc1. The fourth-order valence-electron chi connectivity index (χ4n) is 3.11. The van der Waals surface area contributed by atoms with Crippen molar-refractivity contribution in [1.82, 2.24) is 4.72 Å². The molecule has 0 saturated carbocycles. The zero-order chi connectivity index (χ0) is 19.3. The van der Waals surface area contributed by atoms with Gasteiger partial charge in [-0.25, -0.2) is 13.1 Å². The van der Waals surface area contributed by atoms with Gasteiger partial charge in [0.05, 0.1) is 18.1 Å². The van der Waals surface area contributed by atoms with Crippen molar-refractivity contribution in [2.75, 3.05) is 26.9 Å². The third kappa shape index (κ3) is 4.26. The number of benzene rings is 2. The van der Waals surface area contributed by atoms with Crippen molar-refractivity contribution >= 4 is 10.0 Å². The van der Waals surface area contributed by atoms with Crippen LogP contribution in [-0.2, 0) is 20.4 Å². The number of rotatable bonds is 7. The molecule has 1 N–H and O–H groups in total. The van der Waals surface area contributed by atoms with Crippen LogP contribution in [0, 0.1) is 0 Å². The first kappa shape index (κ1) is 19.7. The standard InChI is InChI=1S/C20H25NO5S/c1-3-20(24-2,16-8-5-4-6-9-16)15-21-27(22,23)17-10-11-18-19(14-17)26-13-7-12-25-18/h4-6,8-11,14,21H,3,7,12-13,15H2,1-2H3. The predicted molar refractivity (Wildman–Crippen MR) is 103 cm³/mol. The molecule has 2 aromatic carbocycles. The van der Waals surface area contributed by atoms with Crippen LogP contribution in [0.4, 0.5) is 0 Å². The molecule has 0 aliphatic carbocycles. The number of ether oxygens (including phenoxy) is 3. The monoisotopic (exact) mass is 391 g/mol. The van der Waals surface area contributed by atoms with Crippen LogP contribution >= 0.6 is 0 Å². The van der Waals surface area contributed by atoms with Crippen LogP contribution in [0.3, 0.4) is 0 Å². The lowest BCUT2D eigenvalue weighted by Crippen LogP contribution is -2.41. The Morgan fingerprint density at radius 1 is 1.07 bits per heavy atom. The van der Waals surface area contributed by atoms with Crippen molar-refractivity contribution in [2.45, 2.75) is 30.3 Å². The normalized spacial score (nSPS) is 16.4. The van der Waals surface area contributed by atoms with Crippen LogP contribution in [0.5, 0.6) is 11.5 Å². The second-order valence-electron chi connectivity index (χ2n) is 6.40. The summed E-state index contributed by atoms with van der Waals surface area (Å²) < 4.78 is 45.3. The molecular formula is C20H25NO5S. The van der Waals surface area contributed by atoms with Gasteiger partial charge < -0.3 is 14.2 Å². The smallest absolute Gasteiger partial charge is 0.240 e. The number of sulfonamides is 1. The summed E-state index contributed by atoms with van der Waals surface area (Å²) >= 11 is 0. The first-order chi connectivity index (χ1) is 13.0. The molecule has 1 heterocycles. The van der Waals surface area contributed by atoms with Gasteiger partial charge in [0.1, 0.15) is 5.60 Å². The van der Waals surface area contributed by atoms with Gasteiger partial charge in [0, 0.05) is 26.1 Å². The summed E-state index contributed by atoms with van der Waals surface area (Å²) in [5, 5.41) is 0. The highest BCUT2D eigenvalue weighted by molar-refractivity contribution is 7.89. The molecule has 0 fully saturated rings. The van der Waals surface area contributed by atoms with Gasteiger partial charge >= 0.3 is 0 Å². The van der Waals surface area contributed by atoms with Crippen LogP contribution in [-0.4, -0.2) is 35.3 Å². The Morgan fingerprint density at radius 2 is 1.78 bits per heavy atom. The highest BCUT2D eigenvalue weighted by Crippen LogP contribution is 2.33. The first-order valence-corrected chi connectivity index (χ1v) is 10.5. The highest BCUT2D eigenvalue weighted by atomic mass is 32.2. The van der Waals surface area contributed by atoms with E-state index in [2.05, 4.69) is 4.72 Å². The predicted octanol–water partition coefficient (Wildman–Crippen LogP) is 3.08. The maximum Gasteiger partial charge on any atom is 0.240 e. The summed E-state index contributed by atoms with van der Waals surface area (Å²) in [7, 11) is -2.14. The third-order valence-corrected chi connectivity index (χ3v) is 6.24. The highest BCUT2D eigenvalue weighted by Gasteiger charge is 2.32. The topological polar surface area (TPSA) is 73.9 Å². The van der Waals surface area contributed by atoms with E-state index in [0.717, 1.165) is 12.0 Å². The second-order valence-corrected chi connectivity index (χ2v) is 8.17. The summed E-state index contributed by atoms with van der Waals surface area (Å²) in [4.78, 5) is 0.140. The molecule has 6 nitrogen and oxygen atoms in total. The van der Waals surface area contributed by atoms with Gasteiger partial charge in [-0.3, -0.25) is 0 Å². The molecule has 146 valence electrons. The number of hydrogen-bond acceptors (Lipinski definition) is 5. The van der Waals surface area contributed by atoms with Gasteiger partial charge in [0.15, 0.2) is 11.5 Å². The molecule has 0 spiro atoms. The minimum atomic E-state index is -3.73. The van der Waals surface area contributed by atoms with Gasteiger partial charge in [-0.2, -0.15) is 0 Å². The molecule has 3 rings (SSSR count). The molecule has 1 atom stereocenters. The Hall–Kier alpha value is -2.09. The molecule has 7 heteroatoms. The lowest BCUT2D eigenvalue weighted by atomic mass is 9.91. The van der Waals surface area contributed by atoms with Gasteiger partial charge in [-0.05, 0) is 24.1 Å². The molecular weight excluding hydrogens is 366 g/mol. The van der Waals surface area contributed by atoms with E-state index in [1.165, 1.54) is 12.1 Å². The Balaban J connectivity index is 1.82. The first-order valence-electron chi connectivity index (χ1n) is 9.01. The maximum atomic E-state index is 12.9. The van der Waals surface area contributed by atoms with Gasteiger partial charge in [-0.15, -0.1) is 0 Å². The lowest BCUT2D eigenvalue weighted by molar-refractivity contribution is -0.0133. The minimum absolute atomic E-state index is 0.126. The minimum Gasteiger partial charge on any atom is -0.490 e. The Morgan fingerprint density at radius 3 is 2.44 bits per heavy atom. The maximum absolute atomic E-state index is 12.9. The third-order valence-electron chi connectivity index (χ3n) is 4.84. The van der Waals surface area contributed by atoms with E-state index in [9.17, 15) is 8.42 Å². The number of hydrogen-bond donors (Lipinski definition) is 1. The van der Waals surface area contributed by atoms with Crippen LogP contribution in [0.25, 0.3) is 0 Å². The number of nitrogens with one attached hydrogen (secondary N) is 1. The van der Waals surface area contributed by atoms with Gasteiger partial charge in [-0.1, -0.05) is 37.3 Å². The van der Waals surface area contributed by atoms with E-state index in [0.29, 0.717) is 31.1 Å². The quantitative estimate of drug-likeness (QED) is 0.785. The van der Waals surface area contributed by atoms with E-state index in [1.54, 1.807) is 13.2 Å². The fourth-order valence-corrected chi connectivity index (χ4v) is 4.21. The van der Waals surface area contributed by atoms with Crippen molar-refractivity contribution in [1.29, 1.82) is 0 Å². The summed E-state index contributed by atoms with van der Waals surface area (Å²) in [6.45, 7) is 3.15. The second kappa shape index (κ2) is 8.29. The lowest BCUT2D eigenvalue weighted by Gasteiger charge is -2.32. The average Bonchev–Trinajstić information content (AvgIpc) is 2.95. The number of methoxy groups -OCH3 is 1. The Kier molecular flexibility index (Phi) is 6.04. The van der Waals surface area contributed by atoms with E-state index in [1.807, 2.05) is 37.3 Å². The van der Waals surface area contributed by atoms with E-state index < -0.39 is 15.6 Å². The zero-order valence-corrected chi connectivity index (χ0v) is 16.4. The van der Waals surface area contributed by atoms with Crippen molar-refractivity contribution < 1.29 is 22.6 Å². The molecule has 0 radical (unpaired) electrons. The largest absolute Gasteiger partial charge is 0.490 e. The van der Waals surface area contributed by atoms with Crippen molar-refractivity contribution in [2.24, 2.45) is 0 Å². The van der Waals surface area contributed by atoms with Crippen LogP contribution < -0.4 is 14.2 Å². The fraction of sp³-hybridized carbons (Fsp3) is 0.400. The van der Waals surface area contributed by atoms with E-state index >= 15 is 0 Å². The number of fused-ring (bicyclic) bond motifs is 1. The Bertz CT molecular complexity index is 863. The van der Waals surface area contributed by atoms with E-state index in [4.69, 9.17) is 14.2 Å². The summed E-state index contributed by atoms with van der Waals surface area (Å²) in [5.74, 6) is 1.02. The molecule has 0 bridgehead atoms. The van der Waals surface area contributed by atoms with Crippen LogP contribution in [0.1, 0.15) is 25.3 Å². The summed E-state index contributed by atoms with van der Waals surface area (Å²) in [5.41, 5.74) is 0.191. The molecule has 0 saturated heterocycles. The molecule has 1 unspecified atom stereocenters. The van der Waals surface area contributed by atoms with Crippen LogP contribution in [0.15, 0.2) is 53.4 Å². The Labute approximate surface area is 160 Å². The summed E-state index contributed by atoms with van der Waals surface area (Å²) in [6, 6.07) is 14.3. The summed E-state index contributed by atoms with van der Waals surface area (Å²) in [6.07, 6.45) is 1.39. The van der Waals surface area contributed by atoms with E-state index in [-0.39, 0.29) is 11.4 Å². The van der Waals surface area contributed by atoms with Crippen molar-refractivity contribution in [3.05, 3.63) is 54.1 Å². The molecule has 0 amide bonds.